The quantitative estimate of drug-likeness (QED) is 0.737. The van der Waals surface area contributed by atoms with Crippen LogP contribution in [0.15, 0.2) is 40.9 Å². The number of hydrogen-bond acceptors (Lipinski definition) is 5. The molecule has 1 atom stereocenters. The van der Waals surface area contributed by atoms with Crippen LogP contribution in [0.1, 0.15) is 34.6 Å². The van der Waals surface area contributed by atoms with Crippen LogP contribution in [0.2, 0.25) is 5.02 Å². The predicted molar refractivity (Wildman–Crippen MR) is 98.5 cm³/mol. The van der Waals surface area contributed by atoms with Crippen molar-refractivity contribution in [2.75, 3.05) is 13.2 Å². The van der Waals surface area contributed by atoms with Gasteiger partial charge in [-0.2, -0.15) is 0 Å². The first-order valence-corrected chi connectivity index (χ1v) is 8.83. The molecule has 134 valence electrons. The number of hydrogen-bond donors (Lipinski definition) is 2. The summed E-state index contributed by atoms with van der Waals surface area (Å²) in [6, 6.07) is 10.7. The zero-order valence-corrected chi connectivity index (χ0v) is 15.0. The maximum Gasteiger partial charge on any atom is 0.255 e. The second-order valence-corrected chi connectivity index (χ2v) is 6.61. The fourth-order valence-corrected chi connectivity index (χ4v) is 3.33. The standard InChI is InChI=1S/C19H18ClN3O3/c1-11(16-13-5-3-7-15(20)18(13)26-23-16)22-19(24)14-6-2-4-12-10-21-8-9-25-17(12)14/h2-7,11,21H,8-10H2,1H3,(H,22,24). The van der Waals surface area contributed by atoms with Crippen LogP contribution >= 0.6 is 11.6 Å². The number of benzene rings is 2. The number of nitrogens with zero attached hydrogens (tertiary/aromatic N) is 1. The summed E-state index contributed by atoms with van der Waals surface area (Å²) >= 11 is 6.13. The third-order valence-electron chi connectivity index (χ3n) is 4.42. The number of carbonyl (C=O) groups is 1. The molecule has 26 heavy (non-hydrogen) atoms. The van der Waals surface area contributed by atoms with E-state index in [0.717, 1.165) is 17.5 Å². The lowest BCUT2D eigenvalue weighted by Crippen LogP contribution is -2.27. The van der Waals surface area contributed by atoms with Crippen molar-refractivity contribution in [1.29, 1.82) is 0 Å². The number of ether oxygens (including phenoxy) is 1. The Labute approximate surface area is 155 Å². The van der Waals surface area contributed by atoms with Crippen molar-refractivity contribution in [3.8, 4) is 5.75 Å². The zero-order chi connectivity index (χ0) is 18.1. The Kier molecular flexibility index (Phi) is 4.53. The van der Waals surface area contributed by atoms with Crippen LogP contribution in [0.3, 0.4) is 0 Å². The molecule has 1 unspecified atom stereocenters. The molecule has 2 aromatic carbocycles. The average molecular weight is 372 g/mol. The van der Waals surface area contributed by atoms with E-state index in [0.29, 0.717) is 40.8 Å². The minimum atomic E-state index is -0.345. The van der Waals surface area contributed by atoms with E-state index in [1.54, 1.807) is 12.1 Å². The lowest BCUT2D eigenvalue weighted by atomic mass is 10.1. The van der Waals surface area contributed by atoms with Gasteiger partial charge in [-0.15, -0.1) is 0 Å². The molecule has 7 heteroatoms. The van der Waals surface area contributed by atoms with E-state index in [1.807, 2.05) is 31.2 Å². The molecule has 0 radical (unpaired) electrons. The molecule has 1 aromatic heterocycles. The van der Waals surface area contributed by atoms with Crippen LogP contribution in [-0.4, -0.2) is 24.2 Å². The Hall–Kier alpha value is -2.57. The van der Waals surface area contributed by atoms with Gasteiger partial charge >= 0.3 is 0 Å². The predicted octanol–water partition coefficient (Wildman–Crippen LogP) is 3.45. The van der Waals surface area contributed by atoms with Crippen LogP contribution in [0.4, 0.5) is 0 Å². The molecule has 6 nitrogen and oxygen atoms in total. The number of para-hydroxylation sites is 2. The first-order chi connectivity index (χ1) is 12.6. The van der Waals surface area contributed by atoms with Crippen LogP contribution in [0.25, 0.3) is 11.0 Å². The van der Waals surface area contributed by atoms with Gasteiger partial charge in [-0.1, -0.05) is 35.0 Å². The van der Waals surface area contributed by atoms with Crippen LogP contribution in [0, 0.1) is 0 Å². The Bertz CT molecular complexity index is 970. The fraction of sp³-hybridized carbons (Fsp3) is 0.263. The first kappa shape index (κ1) is 16.9. The summed E-state index contributed by atoms with van der Waals surface area (Å²) in [5.41, 5.74) is 2.65. The minimum absolute atomic E-state index is 0.213. The summed E-state index contributed by atoms with van der Waals surface area (Å²) in [5, 5.41) is 11.6. The van der Waals surface area contributed by atoms with E-state index in [2.05, 4.69) is 15.8 Å². The molecular formula is C19H18ClN3O3. The topological polar surface area (TPSA) is 76.4 Å². The number of nitrogens with one attached hydrogen (secondary N) is 2. The molecule has 1 aliphatic rings. The highest BCUT2D eigenvalue weighted by molar-refractivity contribution is 6.34. The lowest BCUT2D eigenvalue weighted by molar-refractivity contribution is 0.0935. The molecule has 0 saturated heterocycles. The summed E-state index contributed by atoms with van der Waals surface area (Å²) in [7, 11) is 0. The fourth-order valence-electron chi connectivity index (χ4n) is 3.12. The zero-order valence-electron chi connectivity index (χ0n) is 14.2. The molecule has 1 amide bonds. The van der Waals surface area contributed by atoms with E-state index >= 15 is 0 Å². The molecule has 3 aromatic rings. The van der Waals surface area contributed by atoms with Crippen molar-refractivity contribution in [1.82, 2.24) is 15.8 Å². The third-order valence-corrected chi connectivity index (χ3v) is 4.72. The highest BCUT2D eigenvalue weighted by Gasteiger charge is 2.22. The van der Waals surface area contributed by atoms with Gasteiger partial charge in [-0.25, -0.2) is 0 Å². The smallest absolute Gasteiger partial charge is 0.255 e. The number of rotatable bonds is 3. The van der Waals surface area contributed by atoms with E-state index in [1.165, 1.54) is 0 Å². The van der Waals surface area contributed by atoms with Gasteiger partial charge in [0.1, 0.15) is 18.1 Å². The molecule has 1 aliphatic heterocycles. The minimum Gasteiger partial charge on any atom is -0.491 e. The van der Waals surface area contributed by atoms with Crippen molar-refractivity contribution in [3.05, 3.63) is 58.2 Å². The summed E-state index contributed by atoms with van der Waals surface area (Å²) in [4.78, 5) is 12.8. The van der Waals surface area contributed by atoms with Gasteiger partial charge in [0.25, 0.3) is 5.91 Å². The van der Waals surface area contributed by atoms with Gasteiger partial charge in [0.2, 0.25) is 0 Å². The second kappa shape index (κ2) is 6.97. The molecule has 0 aliphatic carbocycles. The molecule has 0 fully saturated rings. The lowest BCUT2D eigenvalue weighted by Gasteiger charge is -2.15. The van der Waals surface area contributed by atoms with Gasteiger partial charge < -0.3 is 19.9 Å². The number of fused-ring (bicyclic) bond motifs is 2. The van der Waals surface area contributed by atoms with Crippen molar-refractivity contribution < 1.29 is 14.1 Å². The molecule has 0 saturated carbocycles. The third kappa shape index (κ3) is 3.02. The van der Waals surface area contributed by atoms with Gasteiger partial charge in [0.05, 0.1) is 16.6 Å². The van der Waals surface area contributed by atoms with Gasteiger partial charge in [-0.3, -0.25) is 4.79 Å². The van der Waals surface area contributed by atoms with E-state index in [9.17, 15) is 4.79 Å². The Morgan fingerprint density at radius 3 is 3.04 bits per heavy atom. The molecule has 2 N–H and O–H groups in total. The SMILES string of the molecule is CC(NC(=O)c1cccc2c1OCCNC2)c1noc2c(Cl)cccc12. The molecular weight excluding hydrogens is 354 g/mol. The maximum atomic E-state index is 12.8. The largest absolute Gasteiger partial charge is 0.491 e. The number of carbonyl (C=O) groups excluding carboxylic acids is 1. The van der Waals surface area contributed by atoms with Gasteiger partial charge in [0, 0.05) is 24.0 Å². The Morgan fingerprint density at radius 1 is 1.31 bits per heavy atom. The number of halogens is 1. The first-order valence-electron chi connectivity index (χ1n) is 8.45. The van der Waals surface area contributed by atoms with Crippen LogP contribution in [-0.2, 0) is 6.54 Å². The average Bonchev–Trinajstić information content (AvgIpc) is 2.93. The summed E-state index contributed by atoms with van der Waals surface area (Å²) in [6.07, 6.45) is 0. The van der Waals surface area contributed by atoms with Gasteiger partial charge in [-0.05, 0) is 25.1 Å². The molecule has 0 bridgehead atoms. The second-order valence-electron chi connectivity index (χ2n) is 6.20. The van der Waals surface area contributed by atoms with Crippen molar-refractivity contribution >= 4 is 28.5 Å². The van der Waals surface area contributed by atoms with Crippen LogP contribution < -0.4 is 15.4 Å². The number of aromatic nitrogens is 1. The monoisotopic (exact) mass is 371 g/mol. The highest BCUT2D eigenvalue weighted by Crippen LogP contribution is 2.30. The molecule has 2 heterocycles. The van der Waals surface area contributed by atoms with Crippen molar-refractivity contribution in [2.24, 2.45) is 0 Å². The van der Waals surface area contributed by atoms with E-state index in [4.69, 9.17) is 20.9 Å². The van der Waals surface area contributed by atoms with Crippen LogP contribution in [0.5, 0.6) is 5.75 Å². The molecule has 0 spiro atoms. The summed E-state index contributed by atoms with van der Waals surface area (Å²) in [5.74, 6) is 0.421. The maximum absolute atomic E-state index is 12.8. The number of amides is 1. The van der Waals surface area contributed by atoms with Crippen molar-refractivity contribution in [2.45, 2.75) is 19.5 Å². The molecule has 4 rings (SSSR count). The van der Waals surface area contributed by atoms with Crippen molar-refractivity contribution in [3.63, 3.8) is 0 Å². The van der Waals surface area contributed by atoms with E-state index in [-0.39, 0.29) is 11.9 Å². The van der Waals surface area contributed by atoms with Gasteiger partial charge in [0.15, 0.2) is 5.58 Å². The van der Waals surface area contributed by atoms with E-state index < -0.39 is 0 Å². The summed E-state index contributed by atoms with van der Waals surface area (Å²) < 4.78 is 11.1. The highest BCUT2D eigenvalue weighted by atomic mass is 35.5. The Balaban J connectivity index is 1.61. The Morgan fingerprint density at radius 2 is 2.15 bits per heavy atom. The normalized spacial score (nSPS) is 15.0. The summed E-state index contributed by atoms with van der Waals surface area (Å²) in [6.45, 7) is 3.82.